The van der Waals surface area contributed by atoms with Gasteiger partial charge in [-0.2, -0.15) is 4.31 Å². The molecule has 4 rings (SSSR count). The molecule has 1 saturated heterocycles. The summed E-state index contributed by atoms with van der Waals surface area (Å²) >= 11 is 3.41. The molecule has 1 aliphatic heterocycles. The van der Waals surface area contributed by atoms with Gasteiger partial charge in [0, 0.05) is 43.7 Å². The number of hydrogen-bond donors (Lipinski definition) is 0. The lowest BCUT2D eigenvalue weighted by Crippen LogP contribution is -2.51. The van der Waals surface area contributed by atoms with Gasteiger partial charge in [-0.25, -0.2) is 8.42 Å². The molecule has 0 atom stereocenters. The summed E-state index contributed by atoms with van der Waals surface area (Å²) in [6.07, 6.45) is 4.24. The van der Waals surface area contributed by atoms with E-state index >= 15 is 0 Å². The normalized spacial score (nSPS) is 15.0. The first-order valence-corrected chi connectivity index (χ1v) is 14.2. The number of carbonyl (C=O) groups is 1. The lowest BCUT2D eigenvalue weighted by molar-refractivity contribution is -0.133. The minimum Gasteiger partial charge on any atom is -0.339 e. The SMILES string of the molecule is O=C(CN(Cc1ccc(Br)cc1)S(=O)(=O)c1ccccc1)N1CCN(C/C=C/c2ccccc2)CC1. The summed E-state index contributed by atoms with van der Waals surface area (Å²) in [5.41, 5.74) is 1.98. The van der Waals surface area contributed by atoms with Crippen molar-refractivity contribution in [1.29, 1.82) is 0 Å². The standard InChI is InChI=1S/C28H30BrN3O3S/c29-26-15-13-25(14-16-26)22-32(36(34,35)27-11-5-2-6-12-27)23-28(33)31-20-18-30(19-21-31)17-7-10-24-8-3-1-4-9-24/h1-16H,17-23H2/b10-7+. The molecule has 0 saturated carbocycles. The van der Waals surface area contributed by atoms with Crippen molar-refractivity contribution in [3.63, 3.8) is 0 Å². The first-order valence-electron chi connectivity index (χ1n) is 11.9. The predicted octanol–water partition coefficient (Wildman–Crippen LogP) is 4.50. The van der Waals surface area contributed by atoms with Crippen LogP contribution in [-0.2, 0) is 21.4 Å². The molecule has 0 bridgehead atoms. The van der Waals surface area contributed by atoms with Crippen molar-refractivity contribution >= 4 is 37.9 Å². The molecule has 3 aromatic carbocycles. The highest BCUT2D eigenvalue weighted by Gasteiger charge is 2.29. The Labute approximate surface area is 222 Å². The molecule has 0 spiro atoms. The fraction of sp³-hybridized carbons (Fsp3) is 0.250. The smallest absolute Gasteiger partial charge is 0.243 e. The molecule has 0 aliphatic carbocycles. The molecule has 0 unspecified atom stereocenters. The lowest BCUT2D eigenvalue weighted by atomic mass is 10.2. The maximum absolute atomic E-state index is 13.4. The fourth-order valence-corrected chi connectivity index (χ4v) is 5.76. The summed E-state index contributed by atoms with van der Waals surface area (Å²) in [5, 5.41) is 0. The maximum Gasteiger partial charge on any atom is 0.243 e. The highest BCUT2D eigenvalue weighted by atomic mass is 79.9. The minimum atomic E-state index is -3.84. The van der Waals surface area contributed by atoms with Crippen molar-refractivity contribution in [2.45, 2.75) is 11.4 Å². The summed E-state index contributed by atoms with van der Waals surface area (Å²) in [5.74, 6) is -0.175. The molecule has 6 nitrogen and oxygen atoms in total. The van der Waals surface area contributed by atoms with Gasteiger partial charge in [-0.05, 0) is 35.4 Å². The summed E-state index contributed by atoms with van der Waals surface area (Å²) in [6, 6.07) is 25.9. The van der Waals surface area contributed by atoms with E-state index in [2.05, 4.69) is 45.1 Å². The maximum atomic E-state index is 13.4. The Morgan fingerprint density at radius 1 is 0.861 bits per heavy atom. The van der Waals surface area contributed by atoms with Crippen LogP contribution in [-0.4, -0.2) is 67.7 Å². The highest BCUT2D eigenvalue weighted by Crippen LogP contribution is 2.20. The van der Waals surface area contributed by atoms with E-state index in [9.17, 15) is 13.2 Å². The van der Waals surface area contributed by atoms with Crippen LogP contribution < -0.4 is 0 Å². The third kappa shape index (κ3) is 7.13. The molecule has 0 N–H and O–H groups in total. The van der Waals surface area contributed by atoms with Gasteiger partial charge in [0.05, 0.1) is 11.4 Å². The predicted molar refractivity (Wildman–Crippen MR) is 147 cm³/mol. The van der Waals surface area contributed by atoms with Crippen molar-refractivity contribution in [3.05, 3.63) is 107 Å². The van der Waals surface area contributed by atoms with Gasteiger partial charge in [0.15, 0.2) is 0 Å². The fourth-order valence-electron chi connectivity index (χ4n) is 4.09. The van der Waals surface area contributed by atoms with E-state index in [1.54, 1.807) is 35.2 Å². The van der Waals surface area contributed by atoms with E-state index in [1.807, 2.05) is 42.5 Å². The highest BCUT2D eigenvalue weighted by molar-refractivity contribution is 9.10. The van der Waals surface area contributed by atoms with Crippen LogP contribution >= 0.6 is 15.9 Å². The van der Waals surface area contributed by atoms with E-state index in [0.717, 1.165) is 35.2 Å². The Balaban J connectivity index is 1.39. The molecule has 36 heavy (non-hydrogen) atoms. The Hall–Kier alpha value is -2.78. The van der Waals surface area contributed by atoms with Crippen molar-refractivity contribution in [2.24, 2.45) is 0 Å². The molecule has 188 valence electrons. The van der Waals surface area contributed by atoms with Gasteiger partial charge in [0.1, 0.15) is 0 Å². The molecule has 1 amide bonds. The van der Waals surface area contributed by atoms with Crippen LogP contribution in [0.1, 0.15) is 11.1 Å². The minimum absolute atomic E-state index is 0.125. The molecular weight excluding hydrogens is 538 g/mol. The van der Waals surface area contributed by atoms with Crippen molar-refractivity contribution < 1.29 is 13.2 Å². The number of benzene rings is 3. The number of nitrogens with zero attached hydrogens (tertiary/aromatic N) is 3. The van der Waals surface area contributed by atoms with Crippen LogP contribution in [0.25, 0.3) is 6.08 Å². The number of rotatable bonds is 9. The van der Waals surface area contributed by atoms with Crippen LogP contribution in [0.15, 0.2) is 100 Å². The molecule has 3 aromatic rings. The summed E-state index contributed by atoms with van der Waals surface area (Å²) in [6.45, 7) is 3.41. The average molecular weight is 569 g/mol. The molecule has 1 heterocycles. The summed E-state index contributed by atoms with van der Waals surface area (Å²) in [4.78, 5) is 17.5. The van der Waals surface area contributed by atoms with Gasteiger partial charge < -0.3 is 4.90 Å². The zero-order chi connectivity index (χ0) is 25.4. The van der Waals surface area contributed by atoms with Gasteiger partial charge in [-0.3, -0.25) is 9.69 Å². The van der Waals surface area contributed by atoms with Gasteiger partial charge in [0.25, 0.3) is 0 Å². The second kappa shape index (κ2) is 12.5. The quantitative estimate of drug-likeness (QED) is 0.382. The van der Waals surface area contributed by atoms with Crippen LogP contribution in [0, 0.1) is 0 Å². The van der Waals surface area contributed by atoms with E-state index in [-0.39, 0.29) is 23.9 Å². The molecule has 1 aliphatic rings. The largest absolute Gasteiger partial charge is 0.339 e. The van der Waals surface area contributed by atoms with Crippen LogP contribution in [0.3, 0.4) is 0 Å². The number of amides is 1. The molecule has 0 radical (unpaired) electrons. The Kier molecular flexibility index (Phi) is 9.09. The second-order valence-corrected chi connectivity index (χ2v) is 11.6. The number of piperazine rings is 1. The number of halogens is 1. The third-order valence-corrected chi connectivity index (χ3v) is 8.50. The van der Waals surface area contributed by atoms with Gasteiger partial charge in [-0.1, -0.05) is 88.7 Å². The molecule has 0 aromatic heterocycles. The Morgan fingerprint density at radius 2 is 1.47 bits per heavy atom. The van der Waals surface area contributed by atoms with E-state index in [0.29, 0.717) is 13.1 Å². The number of hydrogen-bond acceptors (Lipinski definition) is 4. The van der Waals surface area contributed by atoms with Crippen molar-refractivity contribution in [3.8, 4) is 0 Å². The zero-order valence-electron chi connectivity index (χ0n) is 20.0. The summed E-state index contributed by atoms with van der Waals surface area (Å²) < 4.78 is 29.1. The van der Waals surface area contributed by atoms with E-state index in [4.69, 9.17) is 0 Å². The van der Waals surface area contributed by atoms with E-state index in [1.165, 1.54) is 4.31 Å². The Morgan fingerprint density at radius 3 is 2.11 bits per heavy atom. The van der Waals surface area contributed by atoms with Crippen molar-refractivity contribution in [1.82, 2.24) is 14.1 Å². The van der Waals surface area contributed by atoms with Crippen molar-refractivity contribution in [2.75, 3.05) is 39.3 Å². The topological polar surface area (TPSA) is 60.9 Å². The van der Waals surface area contributed by atoms with Crippen LogP contribution in [0.5, 0.6) is 0 Å². The van der Waals surface area contributed by atoms with Crippen LogP contribution in [0.4, 0.5) is 0 Å². The van der Waals surface area contributed by atoms with Gasteiger partial charge in [-0.15, -0.1) is 0 Å². The van der Waals surface area contributed by atoms with Crippen LogP contribution in [0.2, 0.25) is 0 Å². The lowest BCUT2D eigenvalue weighted by Gasteiger charge is -2.35. The number of carbonyl (C=O) groups excluding carboxylic acids is 1. The monoisotopic (exact) mass is 567 g/mol. The van der Waals surface area contributed by atoms with E-state index < -0.39 is 10.0 Å². The third-order valence-electron chi connectivity index (χ3n) is 6.16. The molecular formula is C28H30BrN3O3S. The van der Waals surface area contributed by atoms with Gasteiger partial charge >= 0.3 is 0 Å². The number of sulfonamides is 1. The Bertz CT molecular complexity index is 1260. The first-order chi connectivity index (χ1) is 17.4. The zero-order valence-corrected chi connectivity index (χ0v) is 22.4. The first kappa shape index (κ1) is 26.3. The molecule has 1 fully saturated rings. The average Bonchev–Trinajstić information content (AvgIpc) is 2.91. The summed E-state index contributed by atoms with van der Waals surface area (Å²) in [7, 11) is -3.84. The second-order valence-electron chi connectivity index (χ2n) is 8.71. The molecule has 8 heteroatoms. The van der Waals surface area contributed by atoms with Gasteiger partial charge in [0.2, 0.25) is 15.9 Å².